The monoisotopic (exact) mass is 272 g/mol. The lowest BCUT2D eigenvalue weighted by Gasteiger charge is -2.25. The minimum atomic E-state index is 0.148. The highest BCUT2D eigenvalue weighted by molar-refractivity contribution is 7.98. The maximum atomic E-state index is 11.1. The molecule has 1 rings (SSSR count). The Hall–Kier alpha value is -0.910. The van der Waals surface area contributed by atoms with E-state index in [1.807, 2.05) is 11.8 Å². The molecule has 1 unspecified atom stereocenters. The van der Waals surface area contributed by atoms with Crippen molar-refractivity contribution in [3.8, 4) is 0 Å². The van der Waals surface area contributed by atoms with E-state index in [1.54, 1.807) is 0 Å². The third kappa shape index (κ3) is 6.14. The molecule has 1 amide bonds. The van der Waals surface area contributed by atoms with E-state index in [-0.39, 0.29) is 5.91 Å². The van der Waals surface area contributed by atoms with Crippen LogP contribution in [0.25, 0.3) is 0 Å². The molecule has 0 spiro atoms. The molecule has 6 heteroatoms. The number of hydrogen-bond acceptors (Lipinski definition) is 3. The molecule has 18 heavy (non-hydrogen) atoms. The molecule has 0 radical (unpaired) electrons. The van der Waals surface area contributed by atoms with Gasteiger partial charge in [-0.1, -0.05) is 0 Å². The van der Waals surface area contributed by atoms with Gasteiger partial charge < -0.3 is 16.0 Å². The Bertz CT molecular complexity index is 273. The topological polar surface area (TPSA) is 65.5 Å². The molecule has 1 aliphatic heterocycles. The van der Waals surface area contributed by atoms with Gasteiger partial charge in [0.1, 0.15) is 0 Å². The lowest BCUT2D eigenvalue weighted by molar-refractivity contribution is -0.122. The summed E-state index contributed by atoms with van der Waals surface area (Å²) in [5.41, 5.74) is 0. The molecular formula is C12H24N4OS. The Morgan fingerprint density at radius 1 is 1.61 bits per heavy atom. The smallest absolute Gasteiger partial charge is 0.220 e. The van der Waals surface area contributed by atoms with Crippen LogP contribution in [0.15, 0.2) is 4.99 Å². The van der Waals surface area contributed by atoms with E-state index in [2.05, 4.69) is 34.1 Å². The van der Waals surface area contributed by atoms with Gasteiger partial charge in [0.05, 0.1) is 0 Å². The zero-order valence-corrected chi connectivity index (χ0v) is 12.1. The maximum absolute atomic E-state index is 11.1. The highest BCUT2D eigenvalue weighted by Crippen LogP contribution is 2.02. The summed E-state index contributed by atoms with van der Waals surface area (Å²) >= 11 is 1.84. The van der Waals surface area contributed by atoms with Gasteiger partial charge in [0.25, 0.3) is 0 Å². The van der Waals surface area contributed by atoms with Crippen molar-refractivity contribution in [1.82, 2.24) is 16.0 Å². The summed E-state index contributed by atoms with van der Waals surface area (Å²) in [6, 6.07) is 0.293. The molecular weight excluding hydrogens is 248 g/mol. The number of thioether (sulfide) groups is 1. The maximum Gasteiger partial charge on any atom is 0.220 e. The number of aliphatic imine (C=N–C) groups is 1. The third-order valence-corrected chi connectivity index (χ3v) is 3.42. The standard InChI is InChI=1S/C12H24N4OS/c1-3-13-12(14-7-4-8-18-2)16-10-5-6-11(17)15-9-10/h10H,3-9H2,1-2H3,(H,15,17)(H2,13,14,16). The highest BCUT2D eigenvalue weighted by atomic mass is 32.2. The van der Waals surface area contributed by atoms with Crippen molar-refractivity contribution in [2.75, 3.05) is 31.6 Å². The molecule has 0 aromatic rings. The van der Waals surface area contributed by atoms with Crippen molar-refractivity contribution >= 4 is 23.6 Å². The Kier molecular flexibility index (Phi) is 7.64. The summed E-state index contributed by atoms with van der Waals surface area (Å²) in [6.45, 7) is 4.44. The number of amides is 1. The molecule has 3 N–H and O–H groups in total. The molecule has 1 aliphatic rings. The predicted octanol–water partition coefficient (Wildman–Crippen LogP) is 0.573. The van der Waals surface area contributed by atoms with Crippen molar-refractivity contribution in [2.45, 2.75) is 32.2 Å². The van der Waals surface area contributed by atoms with Crippen LogP contribution in [0, 0.1) is 0 Å². The molecule has 5 nitrogen and oxygen atoms in total. The average Bonchev–Trinajstić information content (AvgIpc) is 2.37. The first kappa shape index (κ1) is 15.1. The Balaban J connectivity index is 2.34. The molecule has 0 saturated carbocycles. The van der Waals surface area contributed by atoms with E-state index in [9.17, 15) is 4.79 Å². The summed E-state index contributed by atoms with van der Waals surface area (Å²) in [5.74, 6) is 2.15. The summed E-state index contributed by atoms with van der Waals surface area (Å²) in [5, 5.41) is 9.48. The van der Waals surface area contributed by atoms with Gasteiger partial charge in [0.2, 0.25) is 5.91 Å². The van der Waals surface area contributed by atoms with Gasteiger partial charge >= 0.3 is 0 Å². The zero-order valence-electron chi connectivity index (χ0n) is 11.3. The first-order chi connectivity index (χ1) is 8.76. The van der Waals surface area contributed by atoms with Gasteiger partial charge in [-0.25, -0.2) is 0 Å². The normalized spacial score (nSPS) is 20.4. The minimum Gasteiger partial charge on any atom is -0.357 e. The number of guanidine groups is 1. The lowest BCUT2D eigenvalue weighted by atomic mass is 10.1. The van der Waals surface area contributed by atoms with Gasteiger partial charge in [-0.05, 0) is 31.8 Å². The fraction of sp³-hybridized carbons (Fsp3) is 0.833. The summed E-state index contributed by atoms with van der Waals surface area (Å²) in [4.78, 5) is 15.6. The van der Waals surface area contributed by atoms with Gasteiger partial charge in [-0.15, -0.1) is 0 Å². The molecule has 1 atom stereocenters. The molecule has 0 aromatic carbocycles. The quantitative estimate of drug-likeness (QED) is 0.376. The van der Waals surface area contributed by atoms with Crippen molar-refractivity contribution in [3.63, 3.8) is 0 Å². The van der Waals surface area contributed by atoms with E-state index in [4.69, 9.17) is 0 Å². The second kappa shape index (κ2) is 9.08. The number of nitrogens with zero attached hydrogens (tertiary/aromatic N) is 1. The summed E-state index contributed by atoms with van der Waals surface area (Å²) in [7, 11) is 0. The predicted molar refractivity (Wildman–Crippen MR) is 78.1 cm³/mol. The Morgan fingerprint density at radius 3 is 3.06 bits per heavy atom. The number of nitrogens with one attached hydrogen (secondary N) is 3. The van der Waals surface area contributed by atoms with Gasteiger partial charge in [0.15, 0.2) is 5.96 Å². The SMILES string of the molecule is CCNC(=NCCCSC)NC1CCC(=O)NC1. The first-order valence-electron chi connectivity index (χ1n) is 6.56. The Morgan fingerprint density at radius 2 is 2.44 bits per heavy atom. The van der Waals surface area contributed by atoms with Crippen LogP contribution in [-0.4, -0.2) is 49.6 Å². The van der Waals surface area contributed by atoms with E-state index in [0.717, 1.165) is 37.6 Å². The lowest BCUT2D eigenvalue weighted by Crippen LogP contribution is -2.51. The van der Waals surface area contributed by atoms with Crippen LogP contribution in [0.1, 0.15) is 26.2 Å². The zero-order chi connectivity index (χ0) is 13.2. The van der Waals surface area contributed by atoms with E-state index >= 15 is 0 Å². The number of piperidine rings is 1. The third-order valence-electron chi connectivity index (χ3n) is 2.73. The molecule has 0 aromatic heterocycles. The molecule has 104 valence electrons. The molecule has 1 fully saturated rings. The largest absolute Gasteiger partial charge is 0.357 e. The Labute approximate surface area is 114 Å². The van der Waals surface area contributed by atoms with E-state index in [0.29, 0.717) is 19.0 Å². The first-order valence-corrected chi connectivity index (χ1v) is 7.96. The van der Waals surface area contributed by atoms with Gasteiger partial charge in [0, 0.05) is 32.1 Å². The van der Waals surface area contributed by atoms with Crippen LogP contribution in [0.2, 0.25) is 0 Å². The van der Waals surface area contributed by atoms with Crippen LogP contribution in [0.3, 0.4) is 0 Å². The van der Waals surface area contributed by atoms with Crippen molar-refractivity contribution in [3.05, 3.63) is 0 Å². The summed E-state index contributed by atoms with van der Waals surface area (Å²) < 4.78 is 0. The number of hydrogen-bond donors (Lipinski definition) is 3. The second-order valence-electron chi connectivity index (χ2n) is 4.29. The average molecular weight is 272 g/mol. The number of carbonyl (C=O) groups is 1. The van der Waals surface area contributed by atoms with Crippen LogP contribution in [-0.2, 0) is 4.79 Å². The van der Waals surface area contributed by atoms with Crippen molar-refractivity contribution in [1.29, 1.82) is 0 Å². The molecule has 0 aliphatic carbocycles. The summed E-state index contributed by atoms with van der Waals surface area (Å²) in [6.07, 6.45) is 4.68. The minimum absolute atomic E-state index is 0.148. The molecule has 0 bridgehead atoms. The van der Waals surface area contributed by atoms with Crippen LogP contribution < -0.4 is 16.0 Å². The van der Waals surface area contributed by atoms with Crippen LogP contribution in [0.4, 0.5) is 0 Å². The van der Waals surface area contributed by atoms with E-state index < -0.39 is 0 Å². The van der Waals surface area contributed by atoms with Gasteiger partial charge in [-0.2, -0.15) is 11.8 Å². The van der Waals surface area contributed by atoms with Crippen LogP contribution >= 0.6 is 11.8 Å². The van der Waals surface area contributed by atoms with Crippen molar-refractivity contribution < 1.29 is 4.79 Å². The second-order valence-corrected chi connectivity index (χ2v) is 5.28. The number of carbonyl (C=O) groups excluding carboxylic acids is 1. The highest BCUT2D eigenvalue weighted by Gasteiger charge is 2.18. The fourth-order valence-corrected chi connectivity index (χ4v) is 2.19. The van der Waals surface area contributed by atoms with Gasteiger partial charge in [-0.3, -0.25) is 9.79 Å². The van der Waals surface area contributed by atoms with E-state index in [1.165, 1.54) is 0 Å². The van der Waals surface area contributed by atoms with Crippen LogP contribution in [0.5, 0.6) is 0 Å². The fourth-order valence-electron chi connectivity index (χ4n) is 1.77. The molecule has 1 heterocycles. The molecule has 1 saturated heterocycles. The van der Waals surface area contributed by atoms with Crippen molar-refractivity contribution in [2.24, 2.45) is 4.99 Å². The number of rotatable bonds is 6.